The maximum absolute atomic E-state index is 12.7. The summed E-state index contributed by atoms with van der Waals surface area (Å²) < 4.78 is 0. The largest absolute Gasteiger partial charge is 0.480 e. The van der Waals surface area contributed by atoms with E-state index in [9.17, 15) is 29.1 Å². The van der Waals surface area contributed by atoms with Crippen LogP contribution in [0.3, 0.4) is 0 Å². The summed E-state index contributed by atoms with van der Waals surface area (Å²) in [6.07, 6.45) is 1.06. The van der Waals surface area contributed by atoms with Crippen LogP contribution in [-0.4, -0.2) is 65.9 Å². The number of benzene rings is 1. The molecule has 0 saturated carbocycles. The molecule has 4 amide bonds. The van der Waals surface area contributed by atoms with E-state index in [0.29, 0.717) is 6.42 Å². The van der Waals surface area contributed by atoms with Gasteiger partial charge in [0.05, 0.1) is 19.0 Å². The summed E-state index contributed by atoms with van der Waals surface area (Å²) in [6.45, 7) is 0.402. The quantitative estimate of drug-likeness (QED) is 0.234. The van der Waals surface area contributed by atoms with E-state index in [1.807, 2.05) is 0 Å². The van der Waals surface area contributed by atoms with Gasteiger partial charge in [-0.3, -0.25) is 19.2 Å². The van der Waals surface area contributed by atoms with Crippen LogP contribution in [0.15, 0.2) is 30.3 Å². The number of nitrogens with two attached hydrogens (primary N) is 1. The van der Waals surface area contributed by atoms with Gasteiger partial charge < -0.3 is 32.1 Å². The van der Waals surface area contributed by atoms with E-state index in [4.69, 9.17) is 5.73 Å². The van der Waals surface area contributed by atoms with Gasteiger partial charge in [-0.15, -0.1) is 0 Å². The van der Waals surface area contributed by atoms with E-state index in [-0.39, 0.29) is 24.9 Å². The summed E-state index contributed by atoms with van der Waals surface area (Å²) in [5.74, 6) is -4.00. The first-order valence-corrected chi connectivity index (χ1v) is 9.92. The number of hydrogen-bond donors (Lipinski definition) is 6. The molecule has 3 unspecified atom stereocenters. The topological polar surface area (TPSA) is 180 Å². The van der Waals surface area contributed by atoms with Crippen molar-refractivity contribution in [3.05, 3.63) is 35.9 Å². The highest BCUT2D eigenvalue weighted by Gasteiger charge is 2.28. The van der Waals surface area contributed by atoms with E-state index in [1.54, 1.807) is 30.3 Å². The Morgan fingerprint density at radius 1 is 1.10 bits per heavy atom. The van der Waals surface area contributed by atoms with Crippen LogP contribution < -0.4 is 27.0 Å². The lowest BCUT2D eigenvalue weighted by Gasteiger charge is -2.21. The zero-order chi connectivity index (χ0) is 22.8. The number of primary amides is 1. The predicted molar refractivity (Wildman–Crippen MR) is 109 cm³/mol. The van der Waals surface area contributed by atoms with Gasteiger partial charge in [-0.1, -0.05) is 30.3 Å². The molecular formula is C20H27N5O6. The fraction of sp³-hybridized carbons (Fsp3) is 0.450. The standard InChI is InChI=1S/C20H27N5O6/c21-16(26)10-15(20(30)31)25-19(29)14(9-12-5-2-1-3-6-12)24-17(27)11-23-18(28)13-7-4-8-22-13/h1-3,5-6,13-15,22H,4,7-11H2,(H2,21,26)(H,23,28)(H,24,27)(H,25,29)(H,30,31). The second-order valence-electron chi connectivity index (χ2n) is 7.25. The smallest absolute Gasteiger partial charge is 0.326 e. The Morgan fingerprint density at radius 2 is 1.81 bits per heavy atom. The van der Waals surface area contributed by atoms with E-state index in [2.05, 4.69) is 21.3 Å². The van der Waals surface area contributed by atoms with Crippen LogP contribution in [0, 0.1) is 0 Å². The minimum absolute atomic E-state index is 0.0828. The summed E-state index contributed by atoms with van der Waals surface area (Å²) in [7, 11) is 0. The first kappa shape index (κ1) is 23.8. The molecule has 3 atom stereocenters. The fourth-order valence-electron chi connectivity index (χ4n) is 3.18. The van der Waals surface area contributed by atoms with Crippen molar-refractivity contribution in [1.29, 1.82) is 0 Å². The number of carbonyl (C=O) groups excluding carboxylic acids is 4. The van der Waals surface area contributed by atoms with Crippen LogP contribution in [0.1, 0.15) is 24.8 Å². The van der Waals surface area contributed by atoms with Gasteiger partial charge in [0.25, 0.3) is 0 Å². The molecular weight excluding hydrogens is 406 g/mol. The molecule has 1 heterocycles. The molecule has 0 bridgehead atoms. The van der Waals surface area contributed by atoms with Crippen molar-refractivity contribution in [3.8, 4) is 0 Å². The summed E-state index contributed by atoms with van der Waals surface area (Å²) in [5, 5.41) is 19.5. The molecule has 1 aliphatic heterocycles. The highest BCUT2D eigenvalue weighted by molar-refractivity contribution is 5.93. The third-order valence-electron chi connectivity index (χ3n) is 4.75. The minimum Gasteiger partial charge on any atom is -0.480 e. The lowest BCUT2D eigenvalue weighted by atomic mass is 10.0. The minimum atomic E-state index is -1.52. The highest BCUT2D eigenvalue weighted by atomic mass is 16.4. The number of carboxylic acid groups (broad SMARTS) is 1. The van der Waals surface area contributed by atoms with Crippen molar-refractivity contribution in [2.45, 2.75) is 43.8 Å². The number of nitrogens with one attached hydrogen (secondary N) is 4. The van der Waals surface area contributed by atoms with Crippen LogP contribution in [0.5, 0.6) is 0 Å². The number of amides is 4. The van der Waals surface area contributed by atoms with Crippen molar-refractivity contribution < 1.29 is 29.1 Å². The summed E-state index contributed by atoms with van der Waals surface area (Å²) in [4.78, 5) is 59.5. The highest BCUT2D eigenvalue weighted by Crippen LogP contribution is 2.06. The van der Waals surface area contributed by atoms with Crippen LogP contribution in [-0.2, 0) is 30.4 Å². The van der Waals surface area contributed by atoms with Crippen molar-refractivity contribution in [2.24, 2.45) is 5.73 Å². The lowest BCUT2D eigenvalue weighted by molar-refractivity contribution is -0.143. The monoisotopic (exact) mass is 433 g/mol. The molecule has 0 spiro atoms. The first-order valence-electron chi connectivity index (χ1n) is 9.92. The Hall–Kier alpha value is -3.47. The maximum Gasteiger partial charge on any atom is 0.326 e. The molecule has 0 radical (unpaired) electrons. The van der Waals surface area contributed by atoms with E-state index in [0.717, 1.165) is 18.5 Å². The first-order chi connectivity index (χ1) is 14.8. The molecule has 168 valence electrons. The van der Waals surface area contributed by atoms with Crippen molar-refractivity contribution in [3.63, 3.8) is 0 Å². The summed E-state index contributed by atoms with van der Waals surface area (Å²) in [6, 6.07) is 5.82. The molecule has 11 nitrogen and oxygen atoms in total. The molecule has 2 rings (SSSR count). The van der Waals surface area contributed by atoms with Gasteiger partial charge in [0.2, 0.25) is 23.6 Å². The van der Waals surface area contributed by atoms with Gasteiger partial charge >= 0.3 is 5.97 Å². The SMILES string of the molecule is NC(=O)CC(NC(=O)C(Cc1ccccc1)NC(=O)CNC(=O)C1CCCN1)C(=O)O. The maximum atomic E-state index is 12.7. The van der Waals surface area contributed by atoms with Crippen LogP contribution in [0.4, 0.5) is 0 Å². The molecule has 1 aliphatic rings. The van der Waals surface area contributed by atoms with Crippen molar-refractivity contribution in [1.82, 2.24) is 21.3 Å². The number of rotatable bonds is 11. The average Bonchev–Trinajstić information content (AvgIpc) is 3.26. The predicted octanol–water partition coefficient (Wildman–Crippen LogP) is -1.97. The summed E-state index contributed by atoms with van der Waals surface area (Å²) >= 11 is 0. The van der Waals surface area contributed by atoms with Crippen molar-refractivity contribution in [2.75, 3.05) is 13.1 Å². The fourth-order valence-corrected chi connectivity index (χ4v) is 3.18. The normalized spacial score (nSPS) is 17.2. The average molecular weight is 433 g/mol. The second-order valence-corrected chi connectivity index (χ2v) is 7.25. The van der Waals surface area contributed by atoms with Gasteiger partial charge in [0, 0.05) is 6.42 Å². The van der Waals surface area contributed by atoms with Gasteiger partial charge in [-0.05, 0) is 24.9 Å². The van der Waals surface area contributed by atoms with Gasteiger partial charge in [0.1, 0.15) is 12.1 Å². The van der Waals surface area contributed by atoms with Crippen LogP contribution >= 0.6 is 0 Å². The number of carboxylic acids is 1. The van der Waals surface area contributed by atoms with E-state index >= 15 is 0 Å². The number of carbonyl (C=O) groups is 5. The Labute approximate surface area is 179 Å². The molecule has 0 aromatic heterocycles. The second kappa shape index (κ2) is 11.6. The number of hydrogen-bond acceptors (Lipinski definition) is 6. The van der Waals surface area contributed by atoms with Crippen molar-refractivity contribution >= 4 is 29.6 Å². The molecule has 1 aromatic rings. The Kier molecular flexibility index (Phi) is 8.94. The molecule has 0 aliphatic carbocycles. The lowest BCUT2D eigenvalue weighted by Crippen LogP contribution is -2.55. The van der Waals surface area contributed by atoms with Gasteiger partial charge in [-0.25, -0.2) is 4.79 Å². The molecule has 1 fully saturated rings. The van der Waals surface area contributed by atoms with E-state index in [1.165, 1.54) is 0 Å². The third kappa shape index (κ3) is 8.05. The zero-order valence-corrected chi connectivity index (χ0v) is 16.9. The zero-order valence-electron chi connectivity index (χ0n) is 16.9. The molecule has 1 aromatic carbocycles. The third-order valence-corrected chi connectivity index (χ3v) is 4.75. The van der Waals surface area contributed by atoms with E-state index < -0.39 is 42.2 Å². The van der Waals surface area contributed by atoms with Crippen LogP contribution in [0.25, 0.3) is 0 Å². The Balaban J connectivity index is 2.01. The van der Waals surface area contributed by atoms with Gasteiger partial charge in [0.15, 0.2) is 0 Å². The van der Waals surface area contributed by atoms with Gasteiger partial charge in [-0.2, -0.15) is 0 Å². The molecule has 11 heteroatoms. The molecule has 1 saturated heterocycles. The Bertz CT molecular complexity index is 810. The Morgan fingerprint density at radius 3 is 2.39 bits per heavy atom. The molecule has 7 N–H and O–H groups in total. The molecule has 31 heavy (non-hydrogen) atoms. The summed E-state index contributed by atoms with van der Waals surface area (Å²) in [5.41, 5.74) is 5.76. The van der Waals surface area contributed by atoms with Crippen LogP contribution in [0.2, 0.25) is 0 Å². The number of aliphatic carboxylic acids is 1.